The third-order valence-electron chi connectivity index (χ3n) is 7.15. The van der Waals surface area contributed by atoms with Gasteiger partial charge in [0.15, 0.2) is 0 Å². The van der Waals surface area contributed by atoms with Crippen molar-refractivity contribution in [2.75, 3.05) is 33.4 Å². The lowest BCUT2D eigenvalue weighted by molar-refractivity contribution is 0.0594. The van der Waals surface area contributed by atoms with Crippen LogP contribution >= 0.6 is 0 Å². The van der Waals surface area contributed by atoms with Gasteiger partial charge in [-0.1, -0.05) is 67.4 Å². The SMILES string of the molecule is CCN1CCCCCCN(C(=O)c2ccccc2OC)[C@H](Cc2ccccc2)COc2ccccc2C1=O. The lowest BCUT2D eigenvalue weighted by atomic mass is 10.0. The smallest absolute Gasteiger partial charge is 0.257 e. The molecular formula is C32H38N2O4. The van der Waals surface area contributed by atoms with Gasteiger partial charge >= 0.3 is 0 Å². The van der Waals surface area contributed by atoms with Crippen molar-refractivity contribution in [3.63, 3.8) is 0 Å². The molecule has 4 rings (SSSR count). The first-order valence-corrected chi connectivity index (χ1v) is 13.6. The van der Waals surface area contributed by atoms with Crippen molar-refractivity contribution >= 4 is 11.8 Å². The fourth-order valence-electron chi connectivity index (χ4n) is 5.04. The maximum absolute atomic E-state index is 14.0. The standard InChI is InChI=1S/C32H38N2O4/c1-3-33-21-13-4-5-14-22-34(32(36)27-17-9-11-19-29(27)37-2)26(23-25-15-7-6-8-16-25)24-38-30-20-12-10-18-28(30)31(33)35/h6-12,15-20,26H,3-5,13-14,21-24H2,1-2H3/t26-/m1/s1. The molecule has 6 nitrogen and oxygen atoms in total. The highest BCUT2D eigenvalue weighted by molar-refractivity contribution is 5.97. The summed E-state index contributed by atoms with van der Waals surface area (Å²) in [6.07, 6.45) is 4.43. The van der Waals surface area contributed by atoms with Crippen molar-refractivity contribution in [2.24, 2.45) is 0 Å². The van der Waals surface area contributed by atoms with E-state index in [9.17, 15) is 9.59 Å². The summed E-state index contributed by atoms with van der Waals surface area (Å²) in [4.78, 5) is 31.3. The normalized spacial score (nSPS) is 17.2. The molecule has 38 heavy (non-hydrogen) atoms. The molecule has 0 aromatic heterocycles. The predicted molar refractivity (Wildman–Crippen MR) is 150 cm³/mol. The number of para-hydroxylation sites is 2. The number of hydrogen-bond donors (Lipinski definition) is 0. The van der Waals surface area contributed by atoms with Gasteiger partial charge in [-0.2, -0.15) is 0 Å². The van der Waals surface area contributed by atoms with E-state index < -0.39 is 0 Å². The van der Waals surface area contributed by atoms with Gasteiger partial charge in [0.1, 0.15) is 18.1 Å². The molecule has 1 aliphatic heterocycles. The first kappa shape index (κ1) is 27.2. The number of carbonyl (C=O) groups excluding carboxylic acids is 2. The van der Waals surface area contributed by atoms with Crippen molar-refractivity contribution in [3.05, 3.63) is 95.6 Å². The van der Waals surface area contributed by atoms with E-state index in [-0.39, 0.29) is 24.5 Å². The van der Waals surface area contributed by atoms with Gasteiger partial charge in [-0.25, -0.2) is 0 Å². The second-order valence-electron chi connectivity index (χ2n) is 9.65. The van der Waals surface area contributed by atoms with Gasteiger partial charge < -0.3 is 19.3 Å². The Morgan fingerprint density at radius 1 is 0.895 bits per heavy atom. The van der Waals surface area contributed by atoms with Crippen LogP contribution in [0.1, 0.15) is 58.9 Å². The van der Waals surface area contributed by atoms with Gasteiger partial charge in [0, 0.05) is 19.6 Å². The molecule has 0 aliphatic carbocycles. The highest BCUT2D eigenvalue weighted by Crippen LogP contribution is 2.25. The summed E-state index contributed by atoms with van der Waals surface area (Å²) < 4.78 is 11.9. The Morgan fingerprint density at radius 3 is 2.34 bits per heavy atom. The zero-order valence-corrected chi connectivity index (χ0v) is 22.5. The number of amides is 2. The van der Waals surface area contributed by atoms with Crippen molar-refractivity contribution in [2.45, 2.75) is 45.1 Å². The lowest BCUT2D eigenvalue weighted by Gasteiger charge is -2.33. The molecule has 0 N–H and O–H groups in total. The third-order valence-corrected chi connectivity index (χ3v) is 7.15. The van der Waals surface area contributed by atoms with Gasteiger partial charge in [-0.15, -0.1) is 0 Å². The molecule has 200 valence electrons. The van der Waals surface area contributed by atoms with Crippen molar-refractivity contribution in [1.29, 1.82) is 0 Å². The summed E-state index contributed by atoms with van der Waals surface area (Å²) in [6, 6.07) is 24.7. The second kappa shape index (κ2) is 13.7. The monoisotopic (exact) mass is 514 g/mol. The molecule has 0 saturated carbocycles. The van der Waals surface area contributed by atoms with Gasteiger partial charge in [-0.3, -0.25) is 9.59 Å². The molecule has 0 saturated heterocycles. The van der Waals surface area contributed by atoms with E-state index in [1.165, 1.54) is 0 Å². The number of nitrogens with zero attached hydrogens (tertiary/aromatic N) is 2. The Labute approximate surface area is 226 Å². The number of methoxy groups -OCH3 is 1. The van der Waals surface area contributed by atoms with Crippen molar-refractivity contribution in [3.8, 4) is 11.5 Å². The minimum Gasteiger partial charge on any atom is -0.496 e. The summed E-state index contributed by atoms with van der Waals surface area (Å²) in [5.41, 5.74) is 2.23. The minimum absolute atomic E-state index is 0.0123. The van der Waals surface area contributed by atoms with Crippen LogP contribution in [0, 0.1) is 0 Å². The summed E-state index contributed by atoms with van der Waals surface area (Å²) in [6.45, 7) is 4.28. The van der Waals surface area contributed by atoms with Crippen LogP contribution in [0.25, 0.3) is 0 Å². The van der Waals surface area contributed by atoms with Crippen LogP contribution in [0.4, 0.5) is 0 Å². The summed E-state index contributed by atoms with van der Waals surface area (Å²) in [5, 5.41) is 0. The molecule has 1 heterocycles. The molecule has 0 bridgehead atoms. The molecule has 6 heteroatoms. The maximum atomic E-state index is 14.0. The largest absolute Gasteiger partial charge is 0.496 e. The Bertz CT molecular complexity index is 1200. The summed E-state index contributed by atoms with van der Waals surface area (Å²) in [5.74, 6) is 1.03. The minimum atomic E-state index is -0.233. The van der Waals surface area contributed by atoms with Crippen molar-refractivity contribution < 1.29 is 19.1 Å². The van der Waals surface area contributed by atoms with Crippen LogP contribution in [0.5, 0.6) is 11.5 Å². The molecule has 1 aliphatic rings. The average molecular weight is 515 g/mol. The van der Waals surface area contributed by atoms with Gasteiger partial charge in [0.25, 0.3) is 11.8 Å². The Kier molecular flexibility index (Phi) is 9.79. The van der Waals surface area contributed by atoms with E-state index in [2.05, 4.69) is 12.1 Å². The summed E-state index contributed by atoms with van der Waals surface area (Å²) >= 11 is 0. The number of ether oxygens (including phenoxy) is 2. The second-order valence-corrected chi connectivity index (χ2v) is 9.65. The molecule has 2 amide bonds. The molecule has 0 fully saturated rings. The molecule has 0 unspecified atom stereocenters. The van der Waals surface area contributed by atoms with Crippen LogP contribution < -0.4 is 9.47 Å². The van der Waals surface area contributed by atoms with Crippen LogP contribution in [0.2, 0.25) is 0 Å². The number of benzene rings is 3. The van der Waals surface area contributed by atoms with E-state index in [1.807, 2.05) is 83.5 Å². The molecule has 1 atom stereocenters. The molecule has 0 radical (unpaired) electrons. The summed E-state index contributed by atoms with van der Waals surface area (Å²) in [7, 11) is 1.59. The number of carbonyl (C=O) groups is 2. The maximum Gasteiger partial charge on any atom is 0.257 e. The molecular weight excluding hydrogens is 476 g/mol. The van der Waals surface area contributed by atoms with Gasteiger partial charge in [0.2, 0.25) is 0 Å². The average Bonchev–Trinajstić information content (AvgIpc) is 2.96. The highest BCUT2D eigenvalue weighted by Gasteiger charge is 2.28. The zero-order valence-electron chi connectivity index (χ0n) is 22.5. The Hall–Kier alpha value is -3.80. The van der Waals surface area contributed by atoms with Crippen LogP contribution in [0.15, 0.2) is 78.9 Å². The van der Waals surface area contributed by atoms with E-state index >= 15 is 0 Å². The van der Waals surface area contributed by atoms with Gasteiger partial charge in [-0.05, 0) is 56.0 Å². The first-order valence-electron chi connectivity index (χ1n) is 13.6. The van der Waals surface area contributed by atoms with Crippen LogP contribution in [-0.4, -0.2) is 61.0 Å². The lowest BCUT2D eigenvalue weighted by Crippen LogP contribution is -2.46. The number of fused-ring (bicyclic) bond motifs is 1. The first-order chi connectivity index (χ1) is 18.6. The Balaban J connectivity index is 1.71. The van der Waals surface area contributed by atoms with Crippen molar-refractivity contribution in [1.82, 2.24) is 9.80 Å². The Morgan fingerprint density at radius 2 is 1.58 bits per heavy atom. The molecule has 0 spiro atoms. The predicted octanol–water partition coefficient (Wildman–Crippen LogP) is 5.86. The van der Waals surface area contributed by atoms with Gasteiger partial charge in [0.05, 0.1) is 24.3 Å². The van der Waals surface area contributed by atoms with Crippen LogP contribution in [0.3, 0.4) is 0 Å². The van der Waals surface area contributed by atoms with E-state index in [0.29, 0.717) is 48.7 Å². The third kappa shape index (κ3) is 6.74. The zero-order chi connectivity index (χ0) is 26.7. The molecule has 3 aromatic carbocycles. The van der Waals surface area contributed by atoms with E-state index in [1.54, 1.807) is 7.11 Å². The fraction of sp³-hybridized carbons (Fsp3) is 0.375. The number of hydrogen-bond acceptors (Lipinski definition) is 4. The molecule has 3 aromatic rings. The van der Waals surface area contributed by atoms with E-state index in [0.717, 1.165) is 31.2 Å². The van der Waals surface area contributed by atoms with E-state index in [4.69, 9.17) is 9.47 Å². The van der Waals surface area contributed by atoms with Crippen LogP contribution in [-0.2, 0) is 6.42 Å². The topological polar surface area (TPSA) is 59.1 Å². The quantitative estimate of drug-likeness (QED) is 0.428. The fourth-order valence-corrected chi connectivity index (χ4v) is 5.04. The number of rotatable bonds is 5. The highest BCUT2D eigenvalue weighted by atomic mass is 16.5.